The number of amides is 1. The average Bonchev–Trinajstić information content (AvgIpc) is 3.35. The number of hydrogen-bond acceptors (Lipinski definition) is 1. The number of halogens is 1. The topological polar surface area (TPSA) is 29.1 Å². The van der Waals surface area contributed by atoms with E-state index in [1.165, 1.54) is 5.56 Å². The highest BCUT2D eigenvalue weighted by atomic mass is 79.9. The first-order chi connectivity index (χ1) is 10.2. The molecule has 1 aliphatic rings. The lowest BCUT2D eigenvalue weighted by molar-refractivity contribution is -0.123. The van der Waals surface area contributed by atoms with E-state index in [1.54, 1.807) is 0 Å². The molecule has 1 amide bonds. The van der Waals surface area contributed by atoms with E-state index in [4.69, 9.17) is 0 Å². The number of nitrogens with one attached hydrogen (secondary N) is 1. The minimum atomic E-state index is -0.283. The minimum absolute atomic E-state index is 0.151. The maximum Gasteiger partial charge on any atom is 0.230 e. The van der Waals surface area contributed by atoms with Crippen molar-refractivity contribution in [1.82, 2.24) is 5.32 Å². The van der Waals surface area contributed by atoms with Crippen LogP contribution in [0.2, 0.25) is 0 Å². The third-order valence-corrected chi connectivity index (χ3v) is 4.76. The van der Waals surface area contributed by atoms with Crippen LogP contribution in [0.3, 0.4) is 0 Å². The lowest BCUT2D eigenvalue weighted by Crippen LogP contribution is -2.34. The fourth-order valence-corrected chi connectivity index (χ4v) is 3.05. The fourth-order valence-electron chi connectivity index (χ4n) is 2.70. The van der Waals surface area contributed by atoms with Gasteiger partial charge in [0.2, 0.25) is 5.91 Å². The summed E-state index contributed by atoms with van der Waals surface area (Å²) in [6.45, 7) is 0.592. The van der Waals surface area contributed by atoms with Gasteiger partial charge in [-0.25, -0.2) is 0 Å². The van der Waals surface area contributed by atoms with Gasteiger partial charge in [-0.2, -0.15) is 0 Å². The molecule has 2 nitrogen and oxygen atoms in total. The van der Waals surface area contributed by atoms with E-state index in [9.17, 15) is 4.79 Å². The molecule has 3 heteroatoms. The molecule has 0 radical (unpaired) electrons. The highest BCUT2D eigenvalue weighted by Crippen LogP contribution is 2.48. The number of rotatable bonds is 5. The van der Waals surface area contributed by atoms with Crippen LogP contribution in [0.25, 0.3) is 0 Å². The van der Waals surface area contributed by atoms with Crippen molar-refractivity contribution >= 4 is 21.8 Å². The van der Waals surface area contributed by atoms with Crippen LogP contribution in [0.4, 0.5) is 0 Å². The number of carbonyl (C=O) groups excluding carboxylic acids is 1. The number of benzene rings is 2. The Kier molecular flexibility index (Phi) is 4.11. The molecule has 3 rings (SSSR count). The van der Waals surface area contributed by atoms with Crippen molar-refractivity contribution in [2.24, 2.45) is 0 Å². The van der Waals surface area contributed by atoms with Gasteiger partial charge in [-0.1, -0.05) is 70.5 Å². The van der Waals surface area contributed by atoms with Crippen LogP contribution in [-0.2, 0) is 22.1 Å². The van der Waals surface area contributed by atoms with Crippen molar-refractivity contribution in [3.63, 3.8) is 0 Å². The van der Waals surface area contributed by atoms with Crippen molar-refractivity contribution in [2.75, 3.05) is 0 Å². The third kappa shape index (κ3) is 3.03. The van der Waals surface area contributed by atoms with Crippen molar-refractivity contribution in [2.45, 2.75) is 30.1 Å². The summed E-state index contributed by atoms with van der Waals surface area (Å²) in [5.74, 6) is 0.151. The number of carbonyl (C=O) groups is 1. The normalized spacial score (nSPS) is 15.5. The van der Waals surface area contributed by atoms with E-state index < -0.39 is 0 Å². The number of hydrogen-bond donors (Lipinski definition) is 1. The lowest BCUT2D eigenvalue weighted by atomic mass is 9.95. The summed E-state index contributed by atoms with van der Waals surface area (Å²) in [5.41, 5.74) is 3.22. The van der Waals surface area contributed by atoms with Crippen LogP contribution < -0.4 is 5.32 Å². The van der Waals surface area contributed by atoms with E-state index in [1.807, 2.05) is 24.3 Å². The Labute approximate surface area is 133 Å². The predicted molar refractivity (Wildman–Crippen MR) is 88.3 cm³/mol. The predicted octanol–water partition coefficient (Wildman–Crippen LogP) is 3.93. The van der Waals surface area contributed by atoms with Crippen molar-refractivity contribution in [1.29, 1.82) is 0 Å². The zero-order valence-corrected chi connectivity index (χ0v) is 13.4. The minimum Gasteiger partial charge on any atom is -0.351 e. The Hall–Kier alpha value is -1.61. The Balaban J connectivity index is 1.67. The maximum absolute atomic E-state index is 12.5. The van der Waals surface area contributed by atoms with Gasteiger partial charge in [-0.05, 0) is 29.5 Å². The molecule has 0 saturated heterocycles. The molecule has 1 fully saturated rings. The van der Waals surface area contributed by atoms with Gasteiger partial charge in [0.05, 0.1) is 5.41 Å². The van der Waals surface area contributed by atoms with Gasteiger partial charge in [-0.15, -0.1) is 0 Å². The molecule has 21 heavy (non-hydrogen) atoms. The van der Waals surface area contributed by atoms with Gasteiger partial charge >= 0.3 is 0 Å². The third-order valence-electron chi connectivity index (χ3n) is 4.11. The molecule has 2 aromatic carbocycles. The molecule has 0 spiro atoms. The molecule has 2 aromatic rings. The summed E-state index contributed by atoms with van der Waals surface area (Å²) in [5, 5.41) is 3.93. The van der Waals surface area contributed by atoms with Crippen LogP contribution in [0.5, 0.6) is 0 Å². The summed E-state index contributed by atoms with van der Waals surface area (Å²) in [4.78, 5) is 12.5. The summed E-state index contributed by atoms with van der Waals surface area (Å²) in [6.07, 6.45) is 1.90. The second-order valence-electron chi connectivity index (χ2n) is 5.58. The van der Waals surface area contributed by atoms with Crippen LogP contribution in [0, 0.1) is 0 Å². The quantitative estimate of drug-likeness (QED) is 0.818. The first-order valence-electron chi connectivity index (χ1n) is 7.22. The van der Waals surface area contributed by atoms with E-state index in [0.29, 0.717) is 6.54 Å². The van der Waals surface area contributed by atoms with Gasteiger partial charge in [0, 0.05) is 11.9 Å². The van der Waals surface area contributed by atoms with Crippen LogP contribution >= 0.6 is 15.9 Å². The van der Waals surface area contributed by atoms with Crippen LogP contribution in [0.1, 0.15) is 29.5 Å². The fraction of sp³-hybridized carbons (Fsp3) is 0.278. The van der Waals surface area contributed by atoms with Gasteiger partial charge in [0.25, 0.3) is 0 Å². The molecule has 1 aliphatic carbocycles. The summed E-state index contributed by atoms with van der Waals surface area (Å²) < 4.78 is 0. The Morgan fingerprint density at radius 3 is 2.43 bits per heavy atom. The summed E-state index contributed by atoms with van der Waals surface area (Å²) >= 11 is 3.46. The van der Waals surface area contributed by atoms with Crippen molar-refractivity contribution < 1.29 is 4.79 Å². The molecule has 0 aromatic heterocycles. The van der Waals surface area contributed by atoms with E-state index >= 15 is 0 Å². The second-order valence-corrected chi connectivity index (χ2v) is 6.15. The highest BCUT2D eigenvalue weighted by Gasteiger charge is 2.50. The largest absolute Gasteiger partial charge is 0.351 e. The van der Waals surface area contributed by atoms with Gasteiger partial charge in [0.1, 0.15) is 0 Å². The van der Waals surface area contributed by atoms with Gasteiger partial charge in [0.15, 0.2) is 0 Å². The molecule has 0 heterocycles. The smallest absolute Gasteiger partial charge is 0.230 e. The Bertz CT molecular complexity index is 635. The maximum atomic E-state index is 12.5. The highest BCUT2D eigenvalue weighted by molar-refractivity contribution is 9.08. The molecule has 0 unspecified atom stereocenters. The summed E-state index contributed by atoms with van der Waals surface area (Å²) in [7, 11) is 0. The standard InChI is InChI=1S/C18H18BrNO/c19-12-14-5-4-6-15(11-14)13-20-17(21)18(9-10-18)16-7-2-1-3-8-16/h1-8,11H,9-10,12-13H2,(H,20,21). The van der Waals surface area contributed by atoms with Crippen LogP contribution in [-0.4, -0.2) is 5.91 Å². The lowest BCUT2D eigenvalue weighted by Gasteiger charge is -2.16. The zero-order chi connectivity index (χ0) is 14.7. The Morgan fingerprint density at radius 2 is 1.76 bits per heavy atom. The molecule has 0 bridgehead atoms. The summed E-state index contributed by atoms with van der Waals surface area (Å²) in [6, 6.07) is 18.4. The van der Waals surface area contributed by atoms with Crippen molar-refractivity contribution in [3.8, 4) is 0 Å². The van der Waals surface area contributed by atoms with Gasteiger partial charge < -0.3 is 5.32 Å². The average molecular weight is 344 g/mol. The van der Waals surface area contributed by atoms with E-state index in [0.717, 1.165) is 29.3 Å². The molecule has 0 aliphatic heterocycles. The first-order valence-corrected chi connectivity index (χ1v) is 8.34. The molecular weight excluding hydrogens is 326 g/mol. The second kappa shape index (κ2) is 6.02. The Morgan fingerprint density at radius 1 is 1.05 bits per heavy atom. The monoisotopic (exact) mass is 343 g/mol. The van der Waals surface area contributed by atoms with Crippen molar-refractivity contribution in [3.05, 3.63) is 71.3 Å². The SMILES string of the molecule is O=C(NCc1cccc(CBr)c1)C1(c2ccccc2)CC1. The molecule has 0 atom stereocenters. The molecule has 1 saturated carbocycles. The van der Waals surface area contributed by atoms with Gasteiger partial charge in [-0.3, -0.25) is 4.79 Å². The van der Waals surface area contributed by atoms with E-state index in [-0.39, 0.29) is 11.3 Å². The molecular formula is C18H18BrNO. The molecule has 108 valence electrons. The molecule has 1 N–H and O–H groups in total. The van der Waals surface area contributed by atoms with Crippen LogP contribution in [0.15, 0.2) is 54.6 Å². The van der Waals surface area contributed by atoms with E-state index in [2.05, 4.69) is 51.6 Å². The first kappa shape index (κ1) is 14.3. The number of alkyl halides is 1. The zero-order valence-electron chi connectivity index (χ0n) is 11.8.